The van der Waals surface area contributed by atoms with Gasteiger partial charge in [-0.2, -0.15) is 0 Å². The quantitative estimate of drug-likeness (QED) is 0.694. The van der Waals surface area contributed by atoms with Crippen LogP contribution in [0, 0.1) is 0 Å². The van der Waals surface area contributed by atoms with E-state index in [1.807, 2.05) is 6.92 Å². The molecular formula is C6H11Br2O. The van der Waals surface area contributed by atoms with Crippen molar-refractivity contribution in [2.24, 2.45) is 0 Å². The third kappa shape index (κ3) is 5.37. The minimum atomic E-state index is -0.480. The highest BCUT2D eigenvalue weighted by atomic mass is 79.9. The maximum absolute atomic E-state index is 10.7. The fraction of sp³-hybridized carbons (Fsp3) is 1.00. The Balaban J connectivity index is 3.58. The van der Waals surface area contributed by atoms with Crippen LogP contribution in [0.5, 0.6) is 0 Å². The van der Waals surface area contributed by atoms with E-state index in [1.54, 1.807) is 6.92 Å². The van der Waals surface area contributed by atoms with Crippen LogP contribution < -0.4 is 0 Å². The van der Waals surface area contributed by atoms with E-state index >= 15 is 0 Å². The molecule has 2 unspecified atom stereocenters. The molecule has 1 radical (unpaired) electrons. The van der Waals surface area contributed by atoms with Gasteiger partial charge in [0.2, 0.25) is 0 Å². The van der Waals surface area contributed by atoms with Crippen LogP contribution in [0.2, 0.25) is 0 Å². The molecule has 0 bridgehead atoms. The summed E-state index contributed by atoms with van der Waals surface area (Å²) in [5.74, 6) is 0. The Morgan fingerprint density at radius 2 is 2.11 bits per heavy atom. The van der Waals surface area contributed by atoms with Gasteiger partial charge in [0.1, 0.15) is 0 Å². The van der Waals surface area contributed by atoms with E-state index in [0.29, 0.717) is 6.42 Å². The summed E-state index contributed by atoms with van der Waals surface area (Å²) in [6.45, 7) is 3.69. The Bertz CT molecular complexity index is 81.1. The number of rotatable bonds is 3. The molecule has 1 nitrogen and oxygen atoms in total. The van der Waals surface area contributed by atoms with Gasteiger partial charge in [0.05, 0.1) is 6.10 Å². The van der Waals surface area contributed by atoms with Gasteiger partial charge in [-0.05, 0) is 20.3 Å². The van der Waals surface area contributed by atoms with E-state index in [4.69, 9.17) is 0 Å². The lowest BCUT2D eigenvalue weighted by molar-refractivity contribution is 0.0919. The fourth-order valence-corrected chi connectivity index (χ4v) is 1.34. The molecule has 9 heavy (non-hydrogen) atoms. The zero-order valence-electron chi connectivity index (χ0n) is 5.66. The molecule has 0 heterocycles. The molecule has 0 aliphatic rings. The average Bonchev–Trinajstić information content (AvgIpc) is 1.63. The molecule has 0 rings (SSSR count). The molecule has 3 heteroatoms. The van der Waals surface area contributed by atoms with Gasteiger partial charge in [-0.1, -0.05) is 31.9 Å². The fourth-order valence-electron chi connectivity index (χ4n) is 0.654. The van der Waals surface area contributed by atoms with Crippen molar-refractivity contribution in [3.63, 3.8) is 0 Å². The molecule has 0 amide bonds. The number of halogens is 2. The standard InChI is InChI=1S/C6H11Br2O/c1-5(9)3-6(2,8)4-7/h5H,3-4H2,1-2H3. The van der Waals surface area contributed by atoms with Gasteiger partial charge in [0.25, 0.3) is 0 Å². The van der Waals surface area contributed by atoms with Crippen molar-refractivity contribution in [2.45, 2.75) is 30.7 Å². The van der Waals surface area contributed by atoms with E-state index < -0.39 is 6.10 Å². The van der Waals surface area contributed by atoms with Crippen LogP contribution in [0.25, 0.3) is 0 Å². The molecule has 0 saturated heterocycles. The smallest absolute Gasteiger partial charge is 0.0915 e. The Morgan fingerprint density at radius 1 is 1.67 bits per heavy atom. The summed E-state index contributed by atoms with van der Waals surface area (Å²) in [6.07, 6.45) is 0.185. The molecule has 0 spiro atoms. The van der Waals surface area contributed by atoms with Crippen LogP contribution in [0.1, 0.15) is 20.3 Å². The van der Waals surface area contributed by atoms with Crippen LogP contribution in [0.3, 0.4) is 0 Å². The van der Waals surface area contributed by atoms with Crippen LogP contribution in [0.4, 0.5) is 0 Å². The third-order valence-electron chi connectivity index (χ3n) is 0.992. The predicted octanol–water partition coefficient (Wildman–Crippen LogP) is 2.74. The van der Waals surface area contributed by atoms with Gasteiger partial charge in [0, 0.05) is 9.65 Å². The Labute approximate surface area is 73.1 Å². The summed E-state index contributed by atoms with van der Waals surface area (Å²) in [6, 6.07) is 0. The first-order valence-corrected chi connectivity index (χ1v) is 4.80. The second-order valence-corrected chi connectivity index (χ2v) is 5.04. The maximum atomic E-state index is 10.7. The van der Waals surface area contributed by atoms with Crippen molar-refractivity contribution in [3.05, 3.63) is 0 Å². The van der Waals surface area contributed by atoms with Gasteiger partial charge in [-0.15, -0.1) is 0 Å². The summed E-state index contributed by atoms with van der Waals surface area (Å²) >= 11 is 6.75. The van der Waals surface area contributed by atoms with Crippen LogP contribution >= 0.6 is 31.9 Å². The molecule has 0 N–H and O–H groups in total. The third-order valence-corrected chi connectivity index (χ3v) is 3.59. The van der Waals surface area contributed by atoms with Crippen LogP contribution in [-0.4, -0.2) is 15.8 Å². The molecular weight excluding hydrogens is 248 g/mol. The monoisotopic (exact) mass is 257 g/mol. The van der Waals surface area contributed by atoms with Crippen molar-refractivity contribution in [3.8, 4) is 0 Å². The van der Waals surface area contributed by atoms with Gasteiger partial charge in [0.15, 0.2) is 0 Å². The van der Waals surface area contributed by atoms with E-state index in [0.717, 1.165) is 5.33 Å². The number of hydrogen-bond donors (Lipinski definition) is 0. The Kier molecular flexibility index (Phi) is 4.34. The lowest BCUT2D eigenvalue weighted by Crippen LogP contribution is -2.22. The first-order valence-electron chi connectivity index (χ1n) is 2.88. The first kappa shape index (κ1) is 9.92. The lowest BCUT2D eigenvalue weighted by Gasteiger charge is -2.19. The summed E-state index contributed by atoms with van der Waals surface area (Å²) in [5.41, 5.74) is 0. The highest BCUT2D eigenvalue weighted by Crippen LogP contribution is 2.25. The summed E-state index contributed by atoms with van der Waals surface area (Å²) in [5, 5.41) is 11.5. The molecule has 0 aromatic heterocycles. The number of alkyl halides is 2. The van der Waals surface area contributed by atoms with E-state index in [9.17, 15) is 5.11 Å². The molecule has 55 valence electrons. The largest absolute Gasteiger partial charge is 0.233 e. The summed E-state index contributed by atoms with van der Waals surface area (Å²) in [4.78, 5) is 0. The Morgan fingerprint density at radius 3 is 2.22 bits per heavy atom. The Hall–Kier alpha value is 0.920. The molecule has 0 aliphatic heterocycles. The minimum Gasteiger partial charge on any atom is -0.233 e. The van der Waals surface area contributed by atoms with Gasteiger partial charge >= 0.3 is 0 Å². The van der Waals surface area contributed by atoms with Gasteiger partial charge in [-0.25, -0.2) is 5.11 Å². The SMILES string of the molecule is CC([O])CC(C)(Br)CBr. The molecule has 0 saturated carbocycles. The lowest BCUT2D eigenvalue weighted by atomic mass is 10.1. The second-order valence-electron chi connectivity index (χ2n) is 2.56. The van der Waals surface area contributed by atoms with E-state index in [-0.39, 0.29) is 4.32 Å². The van der Waals surface area contributed by atoms with Gasteiger partial charge < -0.3 is 0 Å². The second kappa shape index (κ2) is 3.94. The molecule has 0 fully saturated rings. The van der Waals surface area contributed by atoms with Crippen molar-refractivity contribution < 1.29 is 5.11 Å². The normalized spacial score (nSPS) is 21.0. The molecule has 0 aliphatic carbocycles. The van der Waals surface area contributed by atoms with Crippen molar-refractivity contribution in [1.82, 2.24) is 0 Å². The first-order chi connectivity index (χ1) is 3.98. The molecule has 2 atom stereocenters. The highest BCUT2D eigenvalue weighted by Gasteiger charge is 2.20. The number of hydrogen-bond acceptors (Lipinski definition) is 0. The van der Waals surface area contributed by atoms with E-state index in [1.165, 1.54) is 0 Å². The molecule has 0 aromatic carbocycles. The highest BCUT2D eigenvalue weighted by molar-refractivity contribution is 9.12. The van der Waals surface area contributed by atoms with Crippen molar-refractivity contribution in [1.29, 1.82) is 0 Å². The zero-order valence-corrected chi connectivity index (χ0v) is 8.83. The zero-order chi connectivity index (χ0) is 7.49. The summed E-state index contributed by atoms with van der Waals surface area (Å²) < 4.78 is -0.0197. The van der Waals surface area contributed by atoms with Crippen molar-refractivity contribution in [2.75, 3.05) is 5.33 Å². The maximum Gasteiger partial charge on any atom is 0.0915 e. The average molecular weight is 259 g/mol. The topological polar surface area (TPSA) is 19.9 Å². The van der Waals surface area contributed by atoms with Gasteiger partial charge in [-0.3, -0.25) is 0 Å². The minimum absolute atomic E-state index is 0.0197. The predicted molar refractivity (Wildman–Crippen MR) is 45.9 cm³/mol. The van der Waals surface area contributed by atoms with Crippen LogP contribution in [0.15, 0.2) is 0 Å². The molecule has 0 aromatic rings. The van der Waals surface area contributed by atoms with Crippen molar-refractivity contribution >= 4 is 31.9 Å². The summed E-state index contributed by atoms with van der Waals surface area (Å²) in [7, 11) is 0. The van der Waals surface area contributed by atoms with Crippen LogP contribution in [-0.2, 0) is 5.11 Å². The van der Waals surface area contributed by atoms with E-state index in [2.05, 4.69) is 31.9 Å².